The molecule has 2 aromatic carbocycles. The molecule has 0 saturated carbocycles. The fourth-order valence-electron chi connectivity index (χ4n) is 2.58. The van der Waals surface area contributed by atoms with Gasteiger partial charge in [-0.05, 0) is 29.8 Å². The van der Waals surface area contributed by atoms with E-state index < -0.39 is 6.10 Å². The second-order valence-electron chi connectivity index (χ2n) is 4.87. The van der Waals surface area contributed by atoms with Crippen LogP contribution < -0.4 is 9.47 Å². The molecule has 1 unspecified atom stereocenters. The fourth-order valence-corrected chi connectivity index (χ4v) is 3.26. The number of benzene rings is 2. The van der Waals surface area contributed by atoms with Gasteiger partial charge in [0.15, 0.2) is 0 Å². The molecule has 0 radical (unpaired) electrons. The molecule has 0 saturated heterocycles. The summed E-state index contributed by atoms with van der Waals surface area (Å²) >= 11 is 9.46. The SMILES string of the molecule is COc1cc(Cl)ccc1C(O)c1cc(Br)cc2c1OCC2. The van der Waals surface area contributed by atoms with Crippen molar-refractivity contribution >= 4 is 27.5 Å². The fraction of sp³-hybridized carbons (Fsp3) is 0.250. The van der Waals surface area contributed by atoms with Gasteiger partial charge < -0.3 is 14.6 Å². The molecule has 110 valence electrons. The summed E-state index contributed by atoms with van der Waals surface area (Å²) in [4.78, 5) is 0. The van der Waals surface area contributed by atoms with Gasteiger partial charge in [-0.3, -0.25) is 0 Å². The number of rotatable bonds is 3. The van der Waals surface area contributed by atoms with Gasteiger partial charge in [-0.25, -0.2) is 0 Å². The zero-order valence-electron chi connectivity index (χ0n) is 11.4. The van der Waals surface area contributed by atoms with Gasteiger partial charge in [0.25, 0.3) is 0 Å². The molecule has 0 aromatic heterocycles. The molecule has 21 heavy (non-hydrogen) atoms. The number of hydrogen-bond acceptors (Lipinski definition) is 3. The lowest BCUT2D eigenvalue weighted by Gasteiger charge is -2.18. The van der Waals surface area contributed by atoms with Crippen molar-refractivity contribution in [1.82, 2.24) is 0 Å². The lowest BCUT2D eigenvalue weighted by atomic mass is 9.97. The Labute approximate surface area is 136 Å². The Morgan fingerprint density at radius 2 is 2.10 bits per heavy atom. The van der Waals surface area contributed by atoms with E-state index >= 15 is 0 Å². The molecule has 0 amide bonds. The Morgan fingerprint density at radius 1 is 1.29 bits per heavy atom. The molecule has 3 nitrogen and oxygen atoms in total. The van der Waals surface area contributed by atoms with Crippen molar-refractivity contribution in [3.05, 3.63) is 56.5 Å². The Bertz CT molecular complexity index is 687. The van der Waals surface area contributed by atoms with E-state index in [-0.39, 0.29) is 0 Å². The van der Waals surface area contributed by atoms with Gasteiger partial charge in [0.1, 0.15) is 17.6 Å². The Kier molecular flexibility index (Phi) is 4.11. The van der Waals surface area contributed by atoms with Crippen molar-refractivity contribution < 1.29 is 14.6 Å². The van der Waals surface area contributed by atoms with Crippen LogP contribution >= 0.6 is 27.5 Å². The third kappa shape index (κ3) is 2.76. The average Bonchev–Trinajstić information content (AvgIpc) is 2.93. The molecule has 0 spiro atoms. The maximum absolute atomic E-state index is 10.8. The first-order valence-electron chi connectivity index (χ1n) is 6.56. The minimum Gasteiger partial charge on any atom is -0.496 e. The highest BCUT2D eigenvalue weighted by Gasteiger charge is 2.25. The van der Waals surface area contributed by atoms with Gasteiger partial charge in [0, 0.05) is 27.0 Å². The van der Waals surface area contributed by atoms with E-state index in [1.807, 2.05) is 12.1 Å². The van der Waals surface area contributed by atoms with Crippen molar-refractivity contribution in [3.8, 4) is 11.5 Å². The summed E-state index contributed by atoms with van der Waals surface area (Å²) in [5, 5.41) is 11.3. The Balaban J connectivity index is 2.09. The van der Waals surface area contributed by atoms with E-state index in [0.717, 1.165) is 27.8 Å². The van der Waals surface area contributed by atoms with E-state index in [1.165, 1.54) is 0 Å². The number of methoxy groups -OCH3 is 1. The molecule has 0 aliphatic carbocycles. The molecular weight excluding hydrogens is 356 g/mol. The zero-order chi connectivity index (χ0) is 15.0. The second-order valence-corrected chi connectivity index (χ2v) is 6.22. The number of ether oxygens (including phenoxy) is 2. The highest BCUT2D eigenvalue weighted by molar-refractivity contribution is 9.10. The summed E-state index contributed by atoms with van der Waals surface area (Å²) in [6, 6.07) is 9.11. The van der Waals surface area contributed by atoms with Crippen molar-refractivity contribution in [2.75, 3.05) is 13.7 Å². The van der Waals surface area contributed by atoms with Crippen LogP contribution in [0.15, 0.2) is 34.8 Å². The van der Waals surface area contributed by atoms with Gasteiger partial charge in [-0.15, -0.1) is 0 Å². The summed E-state index contributed by atoms with van der Waals surface area (Å²) in [5.74, 6) is 1.32. The second kappa shape index (κ2) is 5.87. The predicted octanol–water partition coefficient (Wildman–Crippen LogP) is 4.13. The molecular formula is C16H14BrClO3. The molecule has 2 aromatic rings. The third-order valence-corrected chi connectivity index (χ3v) is 4.25. The van der Waals surface area contributed by atoms with Gasteiger partial charge in [0.05, 0.1) is 13.7 Å². The molecule has 3 rings (SSSR count). The Hall–Kier alpha value is -1.23. The zero-order valence-corrected chi connectivity index (χ0v) is 13.7. The monoisotopic (exact) mass is 368 g/mol. The molecule has 1 aliphatic heterocycles. The molecule has 0 fully saturated rings. The summed E-state index contributed by atoms with van der Waals surface area (Å²) in [6.45, 7) is 0.642. The molecule has 1 aliphatic rings. The molecule has 1 heterocycles. The van der Waals surface area contributed by atoms with Crippen LogP contribution in [0.4, 0.5) is 0 Å². The Morgan fingerprint density at radius 3 is 2.86 bits per heavy atom. The normalized spacial score (nSPS) is 14.5. The largest absolute Gasteiger partial charge is 0.496 e. The summed E-state index contributed by atoms with van der Waals surface area (Å²) in [6.07, 6.45) is 0.0215. The lowest BCUT2D eigenvalue weighted by molar-refractivity contribution is 0.208. The first kappa shape index (κ1) is 14.7. The first-order valence-corrected chi connectivity index (χ1v) is 7.74. The van der Waals surface area contributed by atoms with Crippen molar-refractivity contribution in [1.29, 1.82) is 0 Å². The summed E-state index contributed by atoms with van der Waals surface area (Å²) in [7, 11) is 1.56. The molecule has 1 atom stereocenters. The van der Waals surface area contributed by atoms with E-state index in [1.54, 1.807) is 25.3 Å². The van der Waals surface area contributed by atoms with Crippen molar-refractivity contribution in [2.45, 2.75) is 12.5 Å². The quantitative estimate of drug-likeness (QED) is 0.884. The summed E-state index contributed by atoms with van der Waals surface area (Å²) in [5.41, 5.74) is 2.50. The number of fused-ring (bicyclic) bond motifs is 1. The minimum atomic E-state index is -0.832. The number of hydrogen-bond donors (Lipinski definition) is 1. The van der Waals surface area contributed by atoms with Gasteiger partial charge >= 0.3 is 0 Å². The van der Waals surface area contributed by atoms with Crippen LogP contribution in [0.25, 0.3) is 0 Å². The number of aliphatic hydroxyl groups excluding tert-OH is 1. The van der Waals surface area contributed by atoms with E-state index in [0.29, 0.717) is 22.9 Å². The van der Waals surface area contributed by atoms with Gasteiger partial charge in [-0.1, -0.05) is 33.6 Å². The van der Waals surface area contributed by atoms with E-state index in [9.17, 15) is 5.11 Å². The van der Waals surface area contributed by atoms with Crippen molar-refractivity contribution in [2.24, 2.45) is 0 Å². The van der Waals surface area contributed by atoms with Crippen LogP contribution in [-0.4, -0.2) is 18.8 Å². The average molecular weight is 370 g/mol. The molecule has 5 heteroatoms. The van der Waals surface area contributed by atoms with Crippen molar-refractivity contribution in [3.63, 3.8) is 0 Å². The van der Waals surface area contributed by atoms with Crippen LogP contribution in [0.5, 0.6) is 11.5 Å². The lowest BCUT2D eigenvalue weighted by Crippen LogP contribution is -2.04. The third-order valence-electron chi connectivity index (χ3n) is 3.56. The predicted molar refractivity (Wildman–Crippen MR) is 85.4 cm³/mol. The minimum absolute atomic E-state index is 0.557. The molecule has 0 bridgehead atoms. The van der Waals surface area contributed by atoms with E-state index in [2.05, 4.69) is 15.9 Å². The number of halogens is 2. The van der Waals surface area contributed by atoms with Crippen LogP contribution in [0, 0.1) is 0 Å². The molecule has 1 N–H and O–H groups in total. The standard InChI is InChI=1S/C16H14BrClO3/c1-20-14-8-11(18)2-3-12(14)15(19)13-7-10(17)6-9-4-5-21-16(9)13/h2-3,6-8,15,19H,4-5H2,1H3. The maximum atomic E-state index is 10.8. The van der Waals surface area contributed by atoms with Gasteiger partial charge in [0.2, 0.25) is 0 Å². The van der Waals surface area contributed by atoms with Crippen LogP contribution in [-0.2, 0) is 6.42 Å². The van der Waals surface area contributed by atoms with Gasteiger partial charge in [-0.2, -0.15) is 0 Å². The van der Waals surface area contributed by atoms with E-state index in [4.69, 9.17) is 21.1 Å². The first-order chi connectivity index (χ1) is 10.1. The topological polar surface area (TPSA) is 38.7 Å². The highest BCUT2D eigenvalue weighted by Crippen LogP contribution is 2.41. The highest BCUT2D eigenvalue weighted by atomic mass is 79.9. The smallest absolute Gasteiger partial charge is 0.128 e. The summed E-state index contributed by atoms with van der Waals surface area (Å²) < 4.78 is 11.9. The number of aliphatic hydroxyl groups is 1. The van der Waals surface area contributed by atoms with Crippen LogP contribution in [0.3, 0.4) is 0 Å². The van der Waals surface area contributed by atoms with Crippen LogP contribution in [0.1, 0.15) is 22.8 Å². The maximum Gasteiger partial charge on any atom is 0.128 e. The van der Waals surface area contributed by atoms with Crippen LogP contribution in [0.2, 0.25) is 5.02 Å².